The molecule has 1 fully saturated rings. The van der Waals surface area contributed by atoms with Gasteiger partial charge in [0.2, 0.25) is 5.91 Å². The average Bonchev–Trinajstić information content (AvgIpc) is 3.41. The molecular formula is C22H34IN5O2S. The van der Waals surface area contributed by atoms with Gasteiger partial charge in [0.15, 0.2) is 5.96 Å². The first kappa shape index (κ1) is 25.7. The predicted molar refractivity (Wildman–Crippen MR) is 137 cm³/mol. The summed E-state index contributed by atoms with van der Waals surface area (Å²) in [6.07, 6.45) is 3.49. The summed E-state index contributed by atoms with van der Waals surface area (Å²) >= 11 is 1.78. The molecule has 3 heterocycles. The van der Waals surface area contributed by atoms with Gasteiger partial charge in [0.25, 0.3) is 0 Å². The number of amides is 1. The van der Waals surface area contributed by atoms with Crippen molar-refractivity contribution in [2.45, 2.75) is 32.7 Å². The summed E-state index contributed by atoms with van der Waals surface area (Å²) in [6.45, 7) is 9.42. The second-order valence-corrected chi connectivity index (χ2v) is 8.81. The summed E-state index contributed by atoms with van der Waals surface area (Å²) < 4.78 is 5.43. The van der Waals surface area contributed by atoms with Gasteiger partial charge in [0, 0.05) is 63.0 Å². The van der Waals surface area contributed by atoms with Crippen molar-refractivity contribution in [3.8, 4) is 0 Å². The molecule has 0 saturated carbocycles. The van der Waals surface area contributed by atoms with Gasteiger partial charge in [-0.15, -0.1) is 35.3 Å². The second kappa shape index (κ2) is 13.7. The Labute approximate surface area is 206 Å². The van der Waals surface area contributed by atoms with Crippen LogP contribution in [-0.4, -0.2) is 73.5 Å². The fourth-order valence-electron chi connectivity index (χ4n) is 3.44. The zero-order valence-corrected chi connectivity index (χ0v) is 21.5. The topological polar surface area (TPSA) is 73.1 Å². The van der Waals surface area contributed by atoms with Crippen LogP contribution in [0.15, 0.2) is 45.3 Å². The number of nitrogens with one attached hydrogen (secondary N) is 2. The maximum atomic E-state index is 12.0. The van der Waals surface area contributed by atoms with E-state index in [2.05, 4.69) is 37.9 Å². The minimum Gasteiger partial charge on any atom is -0.469 e. The van der Waals surface area contributed by atoms with E-state index in [-0.39, 0.29) is 35.9 Å². The number of hydrogen-bond donors (Lipinski definition) is 2. The van der Waals surface area contributed by atoms with Crippen LogP contribution in [0.5, 0.6) is 0 Å². The molecule has 2 N–H and O–H groups in total. The zero-order valence-electron chi connectivity index (χ0n) is 18.4. The van der Waals surface area contributed by atoms with Gasteiger partial charge in [0.1, 0.15) is 5.76 Å². The highest BCUT2D eigenvalue weighted by Gasteiger charge is 2.21. The fraction of sp³-hybridized carbons (Fsp3) is 0.545. The second-order valence-electron chi connectivity index (χ2n) is 7.78. The van der Waals surface area contributed by atoms with Gasteiger partial charge < -0.3 is 20.0 Å². The van der Waals surface area contributed by atoms with Crippen LogP contribution in [-0.2, 0) is 17.6 Å². The molecule has 2 aromatic heterocycles. The van der Waals surface area contributed by atoms with Crippen LogP contribution in [0.4, 0.5) is 0 Å². The van der Waals surface area contributed by atoms with Gasteiger partial charge in [-0.1, -0.05) is 6.07 Å². The van der Waals surface area contributed by atoms with Crippen molar-refractivity contribution < 1.29 is 9.21 Å². The standard InChI is InChI=1S/C22H33N5O2S.HI/c1-18(2)25-21(28)17-26-11-13-27(14-12-26)22(23-9-7-19-5-3-15-29-19)24-10-8-20-6-4-16-30-20;/h3-6,15-16,18H,7-14,17H2,1-2H3,(H,23,24)(H,25,28);1H. The Hall–Kier alpha value is -1.59. The number of nitrogens with zero attached hydrogens (tertiary/aromatic N) is 3. The fourth-order valence-corrected chi connectivity index (χ4v) is 4.13. The number of thiophene rings is 1. The van der Waals surface area contributed by atoms with Gasteiger partial charge >= 0.3 is 0 Å². The maximum absolute atomic E-state index is 12.0. The Balaban J connectivity index is 0.00000341. The number of rotatable bonds is 9. The van der Waals surface area contributed by atoms with E-state index in [1.54, 1.807) is 17.6 Å². The summed E-state index contributed by atoms with van der Waals surface area (Å²) in [5, 5.41) is 8.59. The van der Waals surface area contributed by atoms with Crippen molar-refractivity contribution in [1.82, 2.24) is 20.4 Å². The van der Waals surface area contributed by atoms with Crippen LogP contribution in [0, 0.1) is 0 Å². The number of hydrogen-bond acceptors (Lipinski definition) is 5. The van der Waals surface area contributed by atoms with Gasteiger partial charge in [-0.05, 0) is 37.4 Å². The molecule has 172 valence electrons. The van der Waals surface area contributed by atoms with E-state index < -0.39 is 0 Å². The van der Waals surface area contributed by atoms with E-state index in [4.69, 9.17) is 9.41 Å². The van der Waals surface area contributed by atoms with Gasteiger partial charge in [-0.2, -0.15) is 0 Å². The van der Waals surface area contributed by atoms with Crippen molar-refractivity contribution in [3.05, 3.63) is 46.5 Å². The summed E-state index contributed by atoms with van der Waals surface area (Å²) in [5.41, 5.74) is 0. The Morgan fingerprint density at radius 3 is 2.65 bits per heavy atom. The van der Waals surface area contributed by atoms with E-state index >= 15 is 0 Å². The Morgan fingerprint density at radius 2 is 2.00 bits per heavy atom. The van der Waals surface area contributed by atoms with E-state index in [1.807, 2.05) is 26.0 Å². The Kier molecular flexibility index (Phi) is 11.4. The molecule has 1 saturated heterocycles. The number of piperazine rings is 1. The lowest BCUT2D eigenvalue weighted by Crippen LogP contribution is -2.54. The van der Waals surface area contributed by atoms with Crippen LogP contribution in [0.3, 0.4) is 0 Å². The lowest BCUT2D eigenvalue weighted by molar-refractivity contribution is -0.123. The molecule has 0 atom stereocenters. The molecule has 0 aliphatic carbocycles. The number of halogens is 1. The number of aliphatic imine (C=N–C) groups is 1. The molecular weight excluding hydrogens is 525 g/mol. The van der Waals surface area contributed by atoms with Crippen molar-refractivity contribution in [3.63, 3.8) is 0 Å². The molecule has 0 aromatic carbocycles. The zero-order chi connectivity index (χ0) is 21.2. The molecule has 7 nitrogen and oxygen atoms in total. The van der Waals surface area contributed by atoms with Crippen LogP contribution in [0.25, 0.3) is 0 Å². The quantitative estimate of drug-likeness (QED) is 0.281. The highest BCUT2D eigenvalue weighted by atomic mass is 127. The van der Waals surface area contributed by atoms with E-state index in [0.717, 1.165) is 63.8 Å². The molecule has 0 bridgehead atoms. The normalized spacial score (nSPS) is 15.1. The third kappa shape index (κ3) is 9.20. The summed E-state index contributed by atoms with van der Waals surface area (Å²) in [4.78, 5) is 22.8. The molecule has 9 heteroatoms. The van der Waals surface area contributed by atoms with Crippen molar-refractivity contribution in [2.75, 3.05) is 45.8 Å². The molecule has 1 aliphatic rings. The summed E-state index contributed by atoms with van der Waals surface area (Å²) in [7, 11) is 0. The molecule has 1 amide bonds. The Morgan fingerprint density at radius 1 is 1.19 bits per heavy atom. The van der Waals surface area contributed by atoms with Crippen LogP contribution < -0.4 is 10.6 Å². The lowest BCUT2D eigenvalue weighted by Gasteiger charge is -2.36. The maximum Gasteiger partial charge on any atom is 0.234 e. The largest absolute Gasteiger partial charge is 0.469 e. The van der Waals surface area contributed by atoms with Crippen LogP contribution in [0.1, 0.15) is 24.5 Å². The number of guanidine groups is 1. The molecule has 31 heavy (non-hydrogen) atoms. The van der Waals surface area contributed by atoms with Gasteiger partial charge in [-0.3, -0.25) is 14.7 Å². The van der Waals surface area contributed by atoms with Crippen LogP contribution in [0.2, 0.25) is 0 Å². The highest BCUT2D eigenvalue weighted by Crippen LogP contribution is 2.09. The predicted octanol–water partition coefficient (Wildman–Crippen LogP) is 2.83. The van der Waals surface area contributed by atoms with E-state index in [0.29, 0.717) is 6.54 Å². The van der Waals surface area contributed by atoms with Gasteiger partial charge in [0.05, 0.1) is 12.8 Å². The van der Waals surface area contributed by atoms with E-state index in [1.165, 1.54) is 4.88 Å². The van der Waals surface area contributed by atoms with Crippen molar-refractivity contribution in [2.24, 2.45) is 4.99 Å². The number of carbonyl (C=O) groups is 1. The minimum atomic E-state index is 0. The third-order valence-electron chi connectivity index (χ3n) is 4.92. The van der Waals surface area contributed by atoms with Crippen molar-refractivity contribution >= 4 is 47.2 Å². The first-order valence-electron chi connectivity index (χ1n) is 10.7. The molecule has 0 unspecified atom stereocenters. The van der Waals surface area contributed by atoms with Gasteiger partial charge in [-0.25, -0.2) is 0 Å². The summed E-state index contributed by atoms with van der Waals surface area (Å²) in [6, 6.07) is 8.33. The van der Waals surface area contributed by atoms with Crippen LogP contribution >= 0.6 is 35.3 Å². The molecule has 3 rings (SSSR count). The molecule has 2 aromatic rings. The number of carbonyl (C=O) groups excluding carboxylic acids is 1. The average molecular weight is 560 g/mol. The third-order valence-corrected chi connectivity index (χ3v) is 5.86. The SMILES string of the molecule is CC(C)NC(=O)CN1CCN(C(=NCCc2cccs2)NCCc2ccco2)CC1.I. The monoisotopic (exact) mass is 559 g/mol. The first-order chi connectivity index (χ1) is 14.6. The lowest BCUT2D eigenvalue weighted by atomic mass is 10.3. The molecule has 0 spiro atoms. The van der Waals surface area contributed by atoms with E-state index in [9.17, 15) is 4.79 Å². The molecule has 0 radical (unpaired) electrons. The highest BCUT2D eigenvalue weighted by molar-refractivity contribution is 14.0. The smallest absolute Gasteiger partial charge is 0.234 e. The summed E-state index contributed by atoms with van der Waals surface area (Å²) in [5.74, 6) is 2.02. The molecule has 1 aliphatic heterocycles. The number of furan rings is 1. The first-order valence-corrected chi connectivity index (χ1v) is 11.6. The Bertz CT molecular complexity index is 772. The van der Waals surface area contributed by atoms with Crippen molar-refractivity contribution in [1.29, 1.82) is 0 Å². The minimum absolute atomic E-state index is 0.